The van der Waals surface area contributed by atoms with Crippen molar-refractivity contribution in [2.45, 2.75) is 25.8 Å². The molecule has 5 nitrogen and oxygen atoms in total. The SMILES string of the molecule is CCN1CCN(C(=O)[C@H]2CCC(=O)N(C)[C@H]2c2ccccc2)CC1. The first kappa shape index (κ1) is 17.0. The summed E-state index contributed by atoms with van der Waals surface area (Å²) in [5.41, 5.74) is 1.05. The van der Waals surface area contributed by atoms with Gasteiger partial charge in [-0.2, -0.15) is 0 Å². The summed E-state index contributed by atoms with van der Waals surface area (Å²) in [7, 11) is 1.83. The van der Waals surface area contributed by atoms with Gasteiger partial charge in [0.2, 0.25) is 11.8 Å². The second-order valence-electron chi connectivity index (χ2n) is 6.76. The van der Waals surface area contributed by atoms with Crippen LogP contribution in [0.3, 0.4) is 0 Å². The number of carbonyl (C=O) groups excluding carboxylic acids is 2. The summed E-state index contributed by atoms with van der Waals surface area (Å²) in [6.45, 7) is 6.67. The zero-order valence-electron chi connectivity index (χ0n) is 14.6. The number of piperazine rings is 1. The number of piperidine rings is 1. The second kappa shape index (κ2) is 7.34. The molecule has 0 bridgehead atoms. The monoisotopic (exact) mass is 329 g/mol. The van der Waals surface area contributed by atoms with E-state index in [1.807, 2.05) is 42.3 Å². The molecule has 2 fully saturated rings. The predicted molar refractivity (Wildman–Crippen MR) is 93.4 cm³/mol. The highest BCUT2D eigenvalue weighted by Gasteiger charge is 2.40. The van der Waals surface area contributed by atoms with Crippen molar-refractivity contribution in [1.82, 2.24) is 14.7 Å². The Bertz CT molecular complexity index is 582. The largest absolute Gasteiger partial charge is 0.340 e. The number of hydrogen-bond acceptors (Lipinski definition) is 3. The van der Waals surface area contributed by atoms with Crippen LogP contribution in [0.5, 0.6) is 0 Å². The molecule has 1 aromatic carbocycles. The van der Waals surface area contributed by atoms with Crippen LogP contribution in [0.15, 0.2) is 30.3 Å². The molecule has 2 aliphatic heterocycles. The van der Waals surface area contributed by atoms with E-state index in [0.29, 0.717) is 12.8 Å². The second-order valence-corrected chi connectivity index (χ2v) is 6.76. The molecule has 0 spiro atoms. The quantitative estimate of drug-likeness (QED) is 0.849. The van der Waals surface area contributed by atoms with Crippen LogP contribution in [-0.2, 0) is 9.59 Å². The van der Waals surface area contributed by atoms with Gasteiger partial charge in [-0.15, -0.1) is 0 Å². The van der Waals surface area contributed by atoms with E-state index in [1.54, 1.807) is 4.90 Å². The number of carbonyl (C=O) groups is 2. The molecule has 2 saturated heterocycles. The van der Waals surface area contributed by atoms with Gasteiger partial charge in [0.1, 0.15) is 0 Å². The molecule has 0 aromatic heterocycles. The van der Waals surface area contributed by atoms with Crippen LogP contribution in [0.4, 0.5) is 0 Å². The fraction of sp³-hybridized carbons (Fsp3) is 0.579. The minimum Gasteiger partial charge on any atom is -0.340 e. The van der Waals surface area contributed by atoms with Crippen molar-refractivity contribution in [2.75, 3.05) is 39.8 Å². The van der Waals surface area contributed by atoms with Gasteiger partial charge < -0.3 is 14.7 Å². The zero-order chi connectivity index (χ0) is 17.1. The Labute approximate surface area is 144 Å². The average molecular weight is 329 g/mol. The maximum atomic E-state index is 13.2. The van der Waals surface area contributed by atoms with Gasteiger partial charge in [0.15, 0.2) is 0 Å². The lowest BCUT2D eigenvalue weighted by atomic mass is 9.83. The Morgan fingerprint density at radius 1 is 1.12 bits per heavy atom. The summed E-state index contributed by atoms with van der Waals surface area (Å²) in [6, 6.07) is 9.82. The van der Waals surface area contributed by atoms with Crippen LogP contribution < -0.4 is 0 Å². The number of amides is 2. The van der Waals surface area contributed by atoms with Crippen molar-refractivity contribution in [1.29, 1.82) is 0 Å². The standard InChI is InChI=1S/C19H27N3O2/c1-3-21-11-13-22(14-12-21)19(24)16-9-10-17(23)20(2)18(16)15-7-5-4-6-8-15/h4-8,16,18H,3,9-14H2,1-2H3/t16-,18-/m0/s1. The Kier molecular flexibility index (Phi) is 5.19. The van der Waals surface area contributed by atoms with Crippen molar-refractivity contribution >= 4 is 11.8 Å². The van der Waals surface area contributed by atoms with Gasteiger partial charge in [-0.3, -0.25) is 9.59 Å². The molecule has 0 aliphatic carbocycles. The number of hydrogen-bond donors (Lipinski definition) is 0. The highest BCUT2D eigenvalue weighted by Crippen LogP contribution is 2.36. The van der Waals surface area contributed by atoms with E-state index in [4.69, 9.17) is 0 Å². The van der Waals surface area contributed by atoms with Crippen molar-refractivity contribution in [3.05, 3.63) is 35.9 Å². The van der Waals surface area contributed by atoms with Crippen molar-refractivity contribution in [3.63, 3.8) is 0 Å². The van der Waals surface area contributed by atoms with E-state index < -0.39 is 0 Å². The normalized spacial score (nSPS) is 25.8. The molecule has 0 N–H and O–H groups in total. The molecule has 2 amide bonds. The third-order valence-electron chi connectivity index (χ3n) is 5.45. The molecule has 130 valence electrons. The molecule has 3 rings (SSSR count). The summed E-state index contributed by atoms with van der Waals surface area (Å²) in [5, 5.41) is 0. The minimum absolute atomic E-state index is 0.128. The molecule has 2 aliphatic rings. The molecule has 2 atom stereocenters. The number of likely N-dealkylation sites (tertiary alicyclic amines) is 1. The number of nitrogens with zero attached hydrogens (tertiary/aromatic N) is 3. The lowest BCUT2D eigenvalue weighted by Gasteiger charge is -2.42. The summed E-state index contributed by atoms with van der Waals surface area (Å²) in [4.78, 5) is 31.5. The topological polar surface area (TPSA) is 43.9 Å². The molecule has 0 saturated carbocycles. The summed E-state index contributed by atoms with van der Waals surface area (Å²) < 4.78 is 0. The van der Waals surface area contributed by atoms with E-state index in [2.05, 4.69) is 11.8 Å². The fourth-order valence-electron chi connectivity index (χ4n) is 3.92. The van der Waals surface area contributed by atoms with Crippen molar-refractivity contribution in [3.8, 4) is 0 Å². The molecule has 24 heavy (non-hydrogen) atoms. The molecule has 5 heteroatoms. The van der Waals surface area contributed by atoms with E-state index >= 15 is 0 Å². The van der Waals surface area contributed by atoms with E-state index in [1.165, 1.54) is 0 Å². The van der Waals surface area contributed by atoms with Crippen LogP contribution in [0, 0.1) is 5.92 Å². The Morgan fingerprint density at radius 2 is 1.79 bits per heavy atom. The number of rotatable bonds is 3. The lowest BCUT2D eigenvalue weighted by Crippen LogP contribution is -2.53. The van der Waals surface area contributed by atoms with Crippen LogP contribution in [-0.4, -0.2) is 66.3 Å². The number of likely N-dealkylation sites (N-methyl/N-ethyl adjacent to an activating group) is 1. The van der Waals surface area contributed by atoms with Gasteiger partial charge in [-0.1, -0.05) is 37.3 Å². The lowest BCUT2D eigenvalue weighted by molar-refractivity contribution is -0.147. The summed E-state index contributed by atoms with van der Waals surface area (Å²) >= 11 is 0. The van der Waals surface area contributed by atoms with Gasteiger partial charge in [0.25, 0.3) is 0 Å². The molecule has 2 heterocycles. The molecule has 1 aromatic rings. The van der Waals surface area contributed by atoms with E-state index in [-0.39, 0.29) is 23.8 Å². The van der Waals surface area contributed by atoms with Crippen LogP contribution in [0.2, 0.25) is 0 Å². The molecule has 0 radical (unpaired) electrons. The van der Waals surface area contributed by atoms with Crippen LogP contribution in [0.1, 0.15) is 31.4 Å². The van der Waals surface area contributed by atoms with Gasteiger partial charge in [-0.25, -0.2) is 0 Å². The zero-order valence-corrected chi connectivity index (χ0v) is 14.6. The van der Waals surface area contributed by atoms with Crippen molar-refractivity contribution < 1.29 is 9.59 Å². The first-order chi connectivity index (χ1) is 11.6. The van der Waals surface area contributed by atoms with E-state index in [0.717, 1.165) is 38.3 Å². The maximum absolute atomic E-state index is 13.2. The first-order valence-electron chi connectivity index (χ1n) is 8.93. The molecule has 0 unspecified atom stereocenters. The van der Waals surface area contributed by atoms with Gasteiger partial charge in [0.05, 0.1) is 12.0 Å². The fourth-order valence-corrected chi connectivity index (χ4v) is 3.92. The van der Waals surface area contributed by atoms with Gasteiger partial charge >= 0.3 is 0 Å². The third-order valence-corrected chi connectivity index (χ3v) is 5.45. The van der Waals surface area contributed by atoms with Crippen molar-refractivity contribution in [2.24, 2.45) is 5.92 Å². The van der Waals surface area contributed by atoms with Gasteiger partial charge in [0, 0.05) is 39.6 Å². The highest BCUT2D eigenvalue weighted by molar-refractivity contribution is 5.85. The Morgan fingerprint density at radius 3 is 2.42 bits per heavy atom. The Hall–Kier alpha value is -1.88. The minimum atomic E-state index is -0.149. The third kappa shape index (κ3) is 3.31. The first-order valence-corrected chi connectivity index (χ1v) is 8.93. The average Bonchev–Trinajstić information content (AvgIpc) is 2.64. The maximum Gasteiger partial charge on any atom is 0.228 e. The molecular formula is C19H27N3O2. The highest BCUT2D eigenvalue weighted by atomic mass is 16.2. The van der Waals surface area contributed by atoms with Crippen LogP contribution >= 0.6 is 0 Å². The van der Waals surface area contributed by atoms with E-state index in [9.17, 15) is 9.59 Å². The van der Waals surface area contributed by atoms with Gasteiger partial charge in [-0.05, 0) is 18.5 Å². The summed E-state index contributed by atoms with van der Waals surface area (Å²) in [6.07, 6.45) is 1.11. The Balaban J connectivity index is 1.79. The van der Waals surface area contributed by atoms with Crippen LogP contribution in [0.25, 0.3) is 0 Å². The summed E-state index contributed by atoms with van der Waals surface area (Å²) in [5.74, 6) is 0.200. The molecular weight excluding hydrogens is 302 g/mol. The number of benzene rings is 1. The predicted octanol–water partition coefficient (Wildman–Crippen LogP) is 1.76. The smallest absolute Gasteiger partial charge is 0.228 e.